The van der Waals surface area contributed by atoms with Gasteiger partial charge in [-0.25, -0.2) is 0 Å². The molecule has 0 fully saturated rings. The Morgan fingerprint density at radius 2 is 1.78 bits per heavy atom. The second-order valence-electron chi connectivity index (χ2n) is 5.05. The highest BCUT2D eigenvalue weighted by Gasteiger charge is 2.33. The van der Waals surface area contributed by atoms with Gasteiger partial charge in [0.2, 0.25) is 0 Å². The smallest absolute Gasteiger partial charge is 0.123 e. The molecule has 0 amide bonds. The Labute approximate surface area is 111 Å². The van der Waals surface area contributed by atoms with Gasteiger partial charge in [-0.1, -0.05) is 32.0 Å². The predicted octanol–water partition coefficient (Wildman–Crippen LogP) is 2.82. The van der Waals surface area contributed by atoms with E-state index in [4.69, 9.17) is 10.5 Å². The number of nitrogens with two attached hydrogens (primary N) is 1. The summed E-state index contributed by atoms with van der Waals surface area (Å²) in [4.78, 5) is 2.38. The Morgan fingerprint density at radius 3 is 2.28 bits per heavy atom. The van der Waals surface area contributed by atoms with Crippen LogP contribution in [0.2, 0.25) is 0 Å². The average molecular weight is 250 g/mol. The van der Waals surface area contributed by atoms with E-state index in [0.717, 1.165) is 24.4 Å². The highest BCUT2D eigenvalue weighted by Crippen LogP contribution is 2.33. The number of para-hydroxylation sites is 1. The Bertz CT molecular complexity index is 373. The third kappa shape index (κ3) is 2.85. The molecule has 0 aliphatic rings. The molecule has 1 aromatic carbocycles. The van der Waals surface area contributed by atoms with Crippen LogP contribution < -0.4 is 10.5 Å². The summed E-state index contributed by atoms with van der Waals surface area (Å²) in [5.41, 5.74) is 7.45. The largest absolute Gasteiger partial charge is 0.496 e. The van der Waals surface area contributed by atoms with Crippen molar-refractivity contribution in [1.82, 2.24) is 4.90 Å². The van der Waals surface area contributed by atoms with Gasteiger partial charge in [-0.3, -0.25) is 4.90 Å². The molecule has 3 nitrogen and oxygen atoms in total. The van der Waals surface area contributed by atoms with Crippen molar-refractivity contribution in [3.05, 3.63) is 29.8 Å². The lowest BCUT2D eigenvalue weighted by molar-refractivity contribution is 0.106. The number of methoxy groups -OCH3 is 1. The van der Waals surface area contributed by atoms with E-state index in [1.165, 1.54) is 0 Å². The monoisotopic (exact) mass is 250 g/mol. The van der Waals surface area contributed by atoms with Crippen LogP contribution in [0, 0.1) is 0 Å². The maximum Gasteiger partial charge on any atom is 0.123 e. The third-order valence-corrected chi connectivity index (χ3v) is 3.81. The van der Waals surface area contributed by atoms with Crippen molar-refractivity contribution in [1.29, 1.82) is 0 Å². The Morgan fingerprint density at radius 1 is 1.22 bits per heavy atom. The molecule has 0 aliphatic heterocycles. The first kappa shape index (κ1) is 15.0. The van der Waals surface area contributed by atoms with Gasteiger partial charge >= 0.3 is 0 Å². The van der Waals surface area contributed by atoms with E-state index >= 15 is 0 Å². The van der Waals surface area contributed by atoms with Crippen molar-refractivity contribution in [2.45, 2.75) is 39.3 Å². The zero-order valence-electron chi connectivity index (χ0n) is 12.2. The van der Waals surface area contributed by atoms with Crippen molar-refractivity contribution >= 4 is 0 Å². The minimum Gasteiger partial charge on any atom is -0.496 e. The topological polar surface area (TPSA) is 38.5 Å². The average Bonchev–Trinajstić information content (AvgIpc) is 2.38. The number of hydrogen-bond acceptors (Lipinski definition) is 3. The lowest BCUT2D eigenvalue weighted by Crippen LogP contribution is -2.51. The van der Waals surface area contributed by atoms with Gasteiger partial charge in [-0.15, -0.1) is 0 Å². The third-order valence-electron chi connectivity index (χ3n) is 3.81. The van der Waals surface area contributed by atoms with E-state index in [2.05, 4.69) is 38.7 Å². The summed E-state index contributed by atoms with van der Waals surface area (Å²) < 4.78 is 5.41. The standard InChI is InChI=1S/C15H26N2O/c1-6-17(7-2)15(3,4)14(16)12-10-8-9-11-13(12)18-5/h8-11,14H,6-7,16H2,1-5H3. The lowest BCUT2D eigenvalue weighted by atomic mass is 9.87. The minimum absolute atomic E-state index is 0.0754. The quantitative estimate of drug-likeness (QED) is 0.843. The fourth-order valence-electron chi connectivity index (χ4n) is 2.54. The van der Waals surface area contributed by atoms with Gasteiger partial charge in [0.25, 0.3) is 0 Å². The van der Waals surface area contributed by atoms with Crippen molar-refractivity contribution in [3.8, 4) is 5.75 Å². The number of rotatable bonds is 6. The zero-order valence-corrected chi connectivity index (χ0v) is 12.2. The van der Waals surface area contributed by atoms with Crippen molar-refractivity contribution < 1.29 is 4.74 Å². The molecule has 0 radical (unpaired) electrons. The molecule has 2 N–H and O–H groups in total. The van der Waals surface area contributed by atoms with E-state index in [1.54, 1.807) is 7.11 Å². The van der Waals surface area contributed by atoms with Gasteiger partial charge in [0.05, 0.1) is 13.2 Å². The second-order valence-corrected chi connectivity index (χ2v) is 5.05. The van der Waals surface area contributed by atoms with Gasteiger partial charge in [0, 0.05) is 11.1 Å². The number of hydrogen-bond donors (Lipinski definition) is 1. The first-order valence-electron chi connectivity index (χ1n) is 6.62. The van der Waals surface area contributed by atoms with Gasteiger partial charge in [-0.2, -0.15) is 0 Å². The Kier molecular flexibility index (Phi) is 5.17. The molecule has 1 rings (SSSR count). The van der Waals surface area contributed by atoms with Crippen molar-refractivity contribution in [3.63, 3.8) is 0 Å². The van der Waals surface area contributed by atoms with E-state index in [1.807, 2.05) is 18.2 Å². The lowest BCUT2D eigenvalue weighted by Gasteiger charge is -2.42. The summed E-state index contributed by atoms with van der Waals surface area (Å²) in [7, 11) is 1.69. The van der Waals surface area contributed by atoms with Crippen LogP contribution >= 0.6 is 0 Å². The number of nitrogens with zero attached hydrogens (tertiary/aromatic N) is 1. The number of ether oxygens (including phenoxy) is 1. The first-order chi connectivity index (χ1) is 8.48. The SMILES string of the molecule is CCN(CC)C(C)(C)C(N)c1ccccc1OC. The normalized spacial score (nSPS) is 13.7. The molecule has 0 saturated carbocycles. The molecule has 102 valence electrons. The van der Waals surface area contributed by atoms with Crippen LogP contribution in [-0.4, -0.2) is 30.6 Å². The fraction of sp³-hybridized carbons (Fsp3) is 0.600. The molecule has 0 aromatic heterocycles. The van der Waals surface area contributed by atoms with Crippen LogP contribution in [0.4, 0.5) is 0 Å². The molecule has 0 spiro atoms. The molecule has 1 aromatic rings. The first-order valence-corrected chi connectivity index (χ1v) is 6.62. The van der Waals surface area contributed by atoms with Crippen LogP contribution in [-0.2, 0) is 0 Å². The molecule has 0 bridgehead atoms. The molecular weight excluding hydrogens is 224 g/mol. The van der Waals surface area contributed by atoms with Crippen LogP contribution in [0.25, 0.3) is 0 Å². The maximum atomic E-state index is 6.48. The maximum absolute atomic E-state index is 6.48. The van der Waals surface area contributed by atoms with Gasteiger partial charge in [0.15, 0.2) is 0 Å². The molecule has 0 heterocycles. The molecule has 0 saturated heterocycles. The molecule has 1 atom stereocenters. The van der Waals surface area contributed by atoms with Crippen LogP contribution in [0.5, 0.6) is 5.75 Å². The van der Waals surface area contributed by atoms with Crippen molar-refractivity contribution in [2.75, 3.05) is 20.2 Å². The summed E-state index contributed by atoms with van der Waals surface area (Å²) in [5, 5.41) is 0. The van der Waals surface area contributed by atoms with Gasteiger partial charge < -0.3 is 10.5 Å². The molecule has 3 heteroatoms. The summed E-state index contributed by atoms with van der Waals surface area (Å²) in [5.74, 6) is 0.866. The van der Waals surface area contributed by atoms with Gasteiger partial charge in [0.1, 0.15) is 5.75 Å². The highest BCUT2D eigenvalue weighted by atomic mass is 16.5. The van der Waals surface area contributed by atoms with Crippen LogP contribution in [0.1, 0.15) is 39.3 Å². The van der Waals surface area contributed by atoms with Crippen molar-refractivity contribution in [2.24, 2.45) is 5.73 Å². The van der Waals surface area contributed by atoms with Gasteiger partial charge in [-0.05, 0) is 33.0 Å². The van der Waals surface area contributed by atoms with E-state index < -0.39 is 0 Å². The van der Waals surface area contributed by atoms with Crippen LogP contribution in [0.15, 0.2) is 24.3 Å². The number of benzene rings is 1. The summed E-state index contributed by atoms with van der Waals surface area (Å²) in [6, 6.07) is 7.92. The molecular formula is C15H26N2O. The van der Waals surface area contributed by atoms with E-state index in [-0.39, 0.29) is 11.6 Å². The minimum atomic E-state index is -0.0991. The molecule has 1 unspecified atom stereocenters. The number of likely N-dealkylation sites (N-methyl/N-ethyl adjacent to an activating group) is 1. The predicted molar refractivity (Wildman–Crippen MR) is 76.9 cm³/mol. The highest BCUT2D eigenvalue weighted by molar-refractivity contribution is 5.37. The zero-order chi connectivity index (χ0) is 13.8. The summed E-state index contributed by atoms with van der Waals surface area (Å²) in [6.07, 6.45) is 0. The van der Waals surface area contributed by atoms with E-state index in [9.17, 15) is 0 Å². The van der Waals surface area contributed by atoms with Crippen LogP contribution in [0.3, 0.4) is 0 Å². The Hall–Kier alpha value is -1.06. The van der Waals surface area contributed by atoms with E-state index in [0.29, 0.717) is 0 Å². The summed E-state index contributed by atoms with van der Waals surface area (Å²) >= 11 is 0. The molecule has 0 aliphatic carbocycles. The molecule has 18 heavy (non-hydrogen) atoms. The summed E-state index contributed by atoms with van der Waals surface area (Å²) in [6.45, 7) is 10.7. The second kappa shape index (κ2) is 6.21. The fourth-order valence-corrected chi connectivity index (χ4v) is 2.54. The Balaban J connectivity index is 3.08.